The van der Waals surface area contributed by atoms with E-state index in [1.165, 1.54) is 31.2 Å². The van der Waals surface area contributed by atoms with Crippen molar-refractivity contribution in [3.05, 3.63) is 39.9 Å². The van der Waals surface area contributed by atoms with Gasteiger partial charge >= 0.3 is 11.9 Å². The Morgan fingerprint density at radius 3 is 2.35 bits per heavy atom. The molecular formula is C17H19N2O7+. The molecule has 1 aromatic rings. The summed E-state index contributed by atoms with van der Waals surface area (Å²) in [5, 5.41) is 30.3. The lowest BCUT2D eigenvalue weighted by atomic mass is 9.76. The summed E-state index contributed by atoms with van der Waals surface area (Å²) >= 11 is 0. The van der Waals surface area contributed by atoms with Gasteiger partial charge < -0.3 is 10.2 Å². The molecule has 0 aliphatic carbocycles. The second kappa shape index (κ2) is 5.96. The van der Waals surface area contributed by atoms with Crippen molar-refractivity contribution in [1.29, 1.82) is 0 Å². The van der Waals surface area contributed by atoms with Crippen LogP contribution in [0.4, 0.5) is 5.69 Å². The molecule has 0 radical (unpaired) electrons. The van der Waals surface area contributed by atoms with Gasteiger partial charge in [0.15, 0.2) is 5.92 Å². The highest BCUT2D eigenvalue weighted by Crippen LogP contribution is 2.51. The van der Waals surface area contributed by atoms with E-state index in [1.807, 2.05) is 0 Å². The predicted molar refractivity (Wildman–Crippen MR) is 86.6 cm³/mol. The summed E-state index contributed by atoms with van der Waals surface area (Å²) in [6.45, 7) is 2.98. The highest BCUT2D eigenvalue weighted by molar-refractivity contribution is 6.07. The van der Waals surface area contributed by atoms with Crippen molar-refractivity contribution in [2.75, 3.05) is 0 Å². The molecular weight excluding hydrogens is 344 g/mol. The minimum atomic E-state index is -1.52. The minimum absolute atomic E-state index is 0.0578. The normalized spacial score (nSPS) is 34.1. The first-order valence-electron chi connectivity index (χ1n) is 8.22. The van der Waals surface area contributed by atoms with Gasteiger partial charge in [-0.05, 0) is 26.0 Å². The molecule has 2 heterocycles. The number of rotatable bonds is 5. The Morgan fingerprint density at radius 1 is 1.31 bits per heavy atom. The van der Waals surface area contributed by atoms with Crippen LogP contribution in [-0.2, 0) is 20.9 Å². The summed E-state index contributed by atoms with van der Waals surface area (Å²) in [6.07, 6.45) is -0.988. The number of amides is 1. The van der Waals surface area contributed by atoms with Crippen molar-refractivity contribution in [1.82, 2.24) is 0 Å². The molecule has 9 nitrogen and oxygen atoms in total. The van der Waals surface area contributed by atoms with Gasteiger partial charge in [-0.1, -0.05) is 0 Å². The number of β-lactam (4-membered cyclic amide) rings is 1. The van der Waals surface area contributed by atoms with Gasteiger partial charge in [-0.2, -0.15) is 0 Å². The van der Waals surface area contributed by atoms with Crippen LogP contribution in [0.15, 0.2) is 24.3 Å². The molecule has 2 N–H and O–H groups in total. The van der Waals surface area contributed by atoms with Crippen molar-refractivity contribution < 1.29 is 34.0 Å². The molecule has 1 aromatic carbocycles. The number of nitro groups is 1. The maximum absolute atomic E-state index is 12.9. The highest BCUT2D eigenvalue weighted by atomic mass is 16.6. The SMILES string of the molecule is CC(O)[C@H]1C(=O)[N+]2(Cc3ccc([N+](=O)[O-])cc3)C(C(=O)O)C(=O)[C@H](C)[C@H]12. The molecule has 3 rings (SSSR count). The van der Waals surface area contributed by atoms with Gasteiger partial charge in [0.05, 0.1) is 16.9 Å². The fourth-order valence-corrected chi connectivity index (χ4v) is 4.54. The third-order valence-electron chi connectivity index (χ3n) is 5.63. The molecule has 2 saturated heterocycles. The third kappa shape index (κ3) is 2.27. The molecule has 2 aliphatic heterocycles. The number of hydrogen-bond donors (Lipinski definition) is 2. The average Bonchev–Trinajstić information content (AvgIpc) is 2.74. The number of Topliss-reactive ketones (excluding diaryl/α,β-unsaturated/α-hetero) is 1. The van der Waals surface area contributed by atoms with Crippen LogP contribution in [0.1, 0.15) is 19.4 Å². The van der Waals surface area contributed by atoms with Gasteiger partial charge in [-0.15, -0.1) is 0 Å². The Hall–Kier alpha value is -2.65. The number of carboxylic acids is 1. The number of ketones is 1. The van der Waals surface area contributed by atoms with Crippen LogP contribution in [-0.4, -0.2) is 55.5 Å². The highest BCUT2D eigenvalue weighted by Gasteiger charge is 2.78. The Balaban J connectivity index is 2.04. The quantitative estimate of drug-likeness (QED) is 0.255. The number of non-ortho nitro benzene ring substituents is 1. The first kappa shape index (κ1) is 18.2. The van der Waals surface area contributed by atoms with Crippen LogP contribution >= 0.6 is 0 Å². The third-order valence-corrected chi connectivity index (χ3v) is 5.63. The van der Waals surface area contributed by atoms with Crippen molar-refractivity contribution in [3.8, 4) is 0 Å². The van der Waals surface area contributed by atoms with E-state index >= 15 is 0 Å². The van der Waals surface area contributed by atoms with Gasteiger partial charge in [0, 0.05) is 17.7 Å². The van der Waals surface area contributed by atoms with Crippen LogP contribution in [0.3, 0.4) is 0 Å². The molecule has 1 amide bonds. The van der Waals surface area contributed by atoms with Crippen LogP contribution in [0.2, 0.25) is 0 Å². The van der Waals surface area contributed by atoms with Gasteiger partial charge in [0.25, 0.3) is 11.7 Å². The molecule has 0 bridgehead atoms. The van der Waals surface area contributed by atoms with E-state index in [0.29, 0.717) is 5.56 Å². The smallest absolute Gasteiger partial charge is 0.371 e. The number of carboxylic acid groups (broad SMARTS) is 1. The fraction of sp³-hybridized carbons (Fsp3) is 0.471. The first-order valence-corrected chi connectivity index (χ1v) is 8.22. The number of quaternary nitrogens is 1. The monoisotopic (exact) mass is 363 g/mol. The molecule has 9 heteroatoms. The molecule has 0 spiro atoms. The summed E-state index contributed by atoms with van der Waals surface area (Å²) in [7, 11) is 0. The number of aliphatic carboxylic acids is 1. The summed E-state index contributed by atoms with van der Waals surface area (Å²) in [4.78, 5) is 47.4. The molecule has 26 heavy (non-hydrogen) atoms. The number of fused-ring (bicyclic) bond motifs is 1. The van der Waals surface area contributed by atoms with E-state index in [-0.39, 0.29) is 12.2 Å². The zero-order valence-corrected chi connectivity index (χ0v) is 14.2. The van der Waals surface area contributed by atoms with Crippen molar-refractivity contribution in [2.45, 2.75) is 38.6 Å². The van der Waals surface area contributed by atoms with Gasteiger partial charge in [0.2, 0.25) is 5.78 Å². The largest absolute Gasteiger partial charge is 0.476 e. The zero-order chi connectivity index (χ0) is 19.4. The number of benzene rings is 1. The van der Waals surface area contributed by atoms with Crippen LogP contribution in [0.5, 0.6) is 0 Å². The number of nitrogens with zero attached hydrogens (tertiary/aromatic N) is 2. The zero-order valence-electron chi connectivity index (χ0n) is 14.2. The molecule has 3 unspecified atom stereocenters. The van der Waals surface area contributed by atoms with Gasteiger partial charge in [-0.25, -0.2) is 14.1 Å². The van der Waals surface area contributed by atoms with E-state index in [4.69, 9.17) is 0 Å². The van der Waals surface area contributed by atoms with Crippen LogP contribution in [0.25, 0.3) is 0 Å². The number of aliphatic hydroxyl groups is 1. The lowest BCUT2D eigenvalue weighted by Gasteiger charge is -2.53. The van der Waals surface area contributed by atoms with E-state index < -0.39 is 57.1 Å². The fourth-order valence-electron chi connectivity index (χ4n) is 4.54. The molecule has 2 aliphatic rings. The molecule has 6 atom stereocenters. The van der Waals surface area contributed by atoms with E-state index in [1.54, 1.807) is 6.92 Å². The van der Waals surface area contributed by atoms with Crippen molar-refractivity contribution in [2.24, 2.45) is 11.8 Å². The van der Waals surface area contributed by atoms with Gasteiger partial charge in [-0.3, -0.25) is 14.9 Å². The van der Waals surface area contributed by atoms with Crippen molar-refractivity contribution >= 4 is 23.3 Å². The molecule has 2 fully saturated rings. The number of carbonyl (C=O) groups is 3. The van der Waals surface area contributed by atoms with Gasteiger partial charge in [0.1, 0.15) is 12.6 Å². The second-order valence-electron chi connectivity index (χ2n) is 7.04. The van der Waals surface area contributed by atoms with E-state index in [9.17, 15) is 34.7 Å². The average molecular weight is 363 g/mol. The maximum atomic E-state index is 12.9. The topological polar surface area (TPSA) is 135 Å². The summed E-state index contributed by atoms with van der Waals surface area (Å²) in [5.74, 6) is -3.85. The lowest BCUT2D eigenvalue weighted by Crippen LogP contribution is -2.78. The van der Waals surface area contributed by atoms with Crippen LogP contribution in [0, 0.1) is 22.0 Å². The Labute approximate surface area is 148 Å². The number of hydrogen-bond acceptors (Lipinski definition) is 6. The minimum Gasteiger partial charge on any atom is -0.476 e. The molecule has 0 saturated carbocycles. The predicted octanol–water partition coefficient (Wildman–Crippen LogP) is 0.489. The van der Waals surface area contributed by atoms with E-state index in [0.717, 1.165) is 0 Å². The second-order valence-corrected chi connectivity index (χ2v) is 7.04. The van der Waals surface area contributed by atoms with Crippen molar-refractivity contribution in [3.63, 3.8) is 0 Å². The Bertz CT molecular complexity index is 804. The lowest BCUT2D eigenvalue weighted by molar-refractivity contribution is -0.928. The summed E-state index contributed by atoms with van der Waals surface area (Å²) in [5.41, 5.74) is 0.397. The summed E-state index contributed by atoms with van der Waals surface area (Å²) in [6, 6.07) is 3.32. The number of aliphatic hydroxyl groups excluding tert-OH is 1. The Morgan fingerprint density at radius 2 is 1.88 bits per heavy atom. The standard InChI is InChI=1S/C17H18N2O7/c1-8-13-12(9(2)20)16(22)19(13,14(15(8)21)17(23)24)7-10-3-5-11(6-4-10)18(25)26/h3-6,8-9,12-14,20H,7H2,1-2H3/p+1/t8-,9?,12-,13-,14?,19?/m1/s1. The Kier molecular flexibility index (Phi) is 4.16. The first-order chi connectivity index (χ1) is 12.1. The number of nitro benzene ring substituents is 1. The van der Waals surface area contributed by atoms with Crippen LogP contribution < -0.4 is 0 Å². The number of carbonyl (C=O) groups excluding carboxylic acids is 2. The summed E-state index contributed by atoms with van der Waals surface area (Å²) < 4.78 is -0.567. The van der Waals surface area contributed by atoms with E-state index in [2.05, 4.69) is 0 Å². The molecule has 0 aromatic heterocycles. The maximum Gasteiger partial charge on any atom is 0.371 e. The molecule has 138 valence electrons.